The lowest BCUT2D eigenvalue weighted by molar-refractivity contribution is 0.0529. The highest BCUT2D eigenvalue weighted by Crippen LogP contribution is 2.39. The fourth-order valence-corrected chi connectivity index (χ4v) is 3.08. The molecule has 0 saturated heterocycles. The molecule has 25 heavy (non-hydrogen) atoms. The van der Waals surface area contributed by atoms with Gasteiger partial charge in [0.15, 0.2) is 6.29 Å². The van der Waals surface area contributed by atoms with Crippen molar-refractivity contribution in [3.8, 4) is 16.9 Å². The predicted octanol–water partition coefficient (Wildman–Crippen LogP) is 4.26. The van der Waals surface area contributed by atoms with Crippen LogP contribution in [0.2, 0.25) is 5.02 Å². The maximum Gasteiger partial charge on any atom is 0.340 e. The summed E-state index contributed by atoms with van der Waals surface area (Å²) in [7, 11) is 1.52. The highest BCUT2D eigenvalue weighted by Gasteiger charge is 2.27. The van der Waals surface area contributed by atoms with E-state index in [0.29, 0.717) is 45.0 Å². The molecule has 0 N–H and O–H groups in total. The summed E-state index contributed by atoms with van der Waals surface area (Å²) >= 11 is 6.14. The Morgan fingerprint density at radius 2 is 2.08 bits per heavy atom. The molecule has 0 amide bonds. The van der Waals surface area contributed by atoms with Crippen molar-refractivity contribution in [2.24, 2.45) is 0 Å². The molecule has 0 unspecified atom stereocenters. The molecule has 0 aliphatic rings. The Hall–Kier alpha value is -2.79. The monoisotopic (exact) mass is 357 g/mol. The van der Waals surface area contributed by atoms with Gasteiger partial charge in [0.2, 0.25) is 0 Å². The number of methoxy groups -OCH3 is 1. The number of pyridine rings is 1. The van der Waals surface area contributed by atoms with Gasteiger partial charge < -0.3 is 13.9 Å². The van der Waals surface area contributed by atoms with Crippen LogP contribution in [-0.4, -0.2) is 30.4 Å². The molecule has 0 saturated carbocycles. The molecule has 6 heteroatoms. The molecule has 3 aromatic rings. The molecule has 2 aromatic heterocycles. The molecule has 0 aliphatic carbocycles. The Morgan fingerprint density at radius 1 is 1.28 bits per heavy atom. The lowest BCUT2D eigenvalue weighted by Gasteiger charge is -2.11. The number of aromatic nitrogens is 1. The smallest absolute Gasteiger partial charge is 0.340 e. The van der Waals surface area contributed by atoms with Gasteiger partial charge >= 0.3 is 5.97 Å². The lowest BCUT2D eigenvalue weighted by atomic mass is 9.99. The van der Waals surface area contributed by atoms with Gasteiger partial charge in [0.25, 0.3) is 0 Å². The van der Waals surface area contributed by atoms with E-state index in [-0.39, 0.29) is 6.61 Å². The number of fused-ring (bicyclic) bond motifs is 1. The van der Waals surface area contributed by atoms with E-state index in [1.54, 1.807) is 53.9 Å². The van der Waals surface area contributed by atoms with E-state index < -0.39 is 5.97 Å². The molecule has 2 heterocycles. The summed E-state index contributed by atoms with van der Waals surface area (Å²) in [6, 6.07) is 10.4. The summed E-state index contributed by atoms with van der Waals surface area (Å²) in [6.07, 6.45) is 2.44. The van der Waals surface area contributed by atoms with Crippen molar-refractivity contribution < 1.29 is 19.1 Å². The van der Waals surface area contributed by atoms with Gasteiger partial charge in [0.05, 0.1) is 30.5 Å². The molecule has 0 spiro atoms. The summed E-state index contributed by atoms with van der Waals surface area (Å²) in [4.78, 5) is 24.5. The number of carbonyl (C=O) groups excluding carboxylic acids is 2. The fourth-order valence-electron chi connectivity index (χ4n) is 2.91. The van der Waals surface area contributed by atoms with E-state index in [1.807, 2.05) is 0 Å². The topological polar surface area (TPSA) is 57.0 Å². The Kier molecular flexibility index (Phi) is 4.76. The number of rotatable bonds is 5. The second kappa shape index (κ2) is 6.99. The van der Waals surface area contributed by atoms with E-state index in [9.17, 15) is 9.59 Å². The first-order valence-corrected chi connectivity index (χ1v) is 8.09. The molecule has 128 valence electrons. The zero-order valence-electron chi connectivity index (χ0n) is 13.8. The van der Waals surface area contributed by atoms with Gasteiger partial charge in [-0.2, -0.15) is 0 Å². The first kappa shape index (κ1) is 17.0. The Bertz CT molecular complexity index is 961. The van der Waals surface area contributed by atoms with Crippen molar-refractivity contribution in [1.29, 1.82) is 0 Å². The van der Waals surface area contributed by atoms with Gasteiger partial charge in [0, 0.05) is 22.3 Å². The minimum absolute atomic E-state index is 0.228. The number of nitrogens with zero attached hydrogens (tertiary/aromatic N) is 1. The van der Waals surface area contributed by atoms with Crippen LogP contribution in [-0.2, 0) is 4.74 Å². The second-order valence-electron chi connectivity index (χ2n) is 5.27. The van der Waals surface area contributed by atoms with Crippen LogP contribution in [0, 0.1) is 0 Å². The second-order valence-corrected chi connectivity index (χ2v) is 5.71. The summed E-state index contributed by atoms with van der Waals surface area (Å²) in [5.41, 5.74) is 2.23. The Labute approximate surface area is 149 Å². The molecule has 0 aliphatic heterocycles. The quantitative estimate of drug-likeness (QED) is 0.505. The van der Waals surface area contributed by atoms with Gasteiger partial charge in [-0.05, 0) is 37.3 Å². The fraction of sp³-hybridized carbons (Fsp3) is 0.158. The summed E-state index contributed by atoms with van der Waals surface area (Å²) in [6.45, 7) is 1.96. The molecule has 1 aromatic carbocycles. The van der Waals surface area contributed by atoms with Gasteiger partial charge in [-0.3, -0.25) is 4.79 Å². The Morgan fingerprint density at radius 3 is 2.76 bits per heavy atom. The van der Waals surface area contributed by atoms with Crippen molar-refractivity contribution in [1.82, 2.24) is 4.40 Å². The van der Waals surface area contributed by atoms with E-state index in [2.05, 4.69) is 0 Å². The van der Waals surface area contributed by atoms with Crippen molar-refractivity contribution in [3.63, 3.8) is 0 Å². The number of hydrogen-bond acceptors (Lipinski definition) is 4. The van der Waals surface area contributed by atoms with Crippen LogP contribution in [0.3, 0.4) is 0 Å². The predicted molar refractivity (Wildman–Crippen MR) is 95.7 cm³/mol. The number of esters is 1. The van der Waals surface area contributed by atoms with Crippen LogP contribution in [0.5, 0.6) is 5.75 Å². The third-order valence-corrected chi connectivity index (χ3v) is 4.14. The highest BCUT2D eigenvalue weighted by molar-refractivity contribution is 6.31. The van der Waals surface area contributed by atoms with Crippen molar-refractivity contribution in [3.05, 3.63) is 58.9 Å². The maximum absolute atomic E-state index is 12.6. The van der Waals surface area contributed by atoms with Crippen molar-refractivity contribution in [2.45, 2.75) is 6.92 Å². The molecule has 0 fully saturated rings. The maximum atomic E-state index is 12.6. The van der Waals surface area contributed by atoms with Gasteiger partial charge in [-0.15, -0.1) is 0 Å². The lowest BCUT2D eigenvalue weighted by Crippen LogP contribution is -2.06. The molecule has 5 nitrogen and oxygen atoms in total. The number of ether oxygens (including phenoxy) is 2. The van der Waals surface area contributed by atoms with Crippen LogP contribution in [0.4, 0.5) is 0 Å². The van der Waals surface area contributed by atoms with Gasteiger partial charge in [-0.25, -0.2) is 4.79 Å². The largest absolute Gasteiger partial charge is 0.496 e. The standard InChI is InChI=1S/C19H16ClNO4/c1-3-25-19(23)18-14-6-4-5-9-21(14)15(11-22)17(18)13-10-12(20)7-8-16(13)24-2/h4-11H,3H2,1-2H3. The van der Waals surface area contributed by atoms with E-state index in [4.69, 9.17) is 21.1 Å². The van der Waals surface area contributed by atoms with E-state index in [1.165, 1.54) is 7.11 Å². The van der Waals surface area contributed by atoms with Crippen LogP contribution >= 0.6 is 11.6 Å². The molecule has 0 atom stereocenters. The minimum Gasteiger partial charge on any atom is -0.496 e. The number of aldehydes is 1. The first-order valence-electron chi connectivity index (χ1n) is 7.71. The molecule has 0 bridgehead atoms. The summed E-state index contributed by atoms with van der Waals surface area (Å²) < 4.78 is 12.3. The zero-order chi connectivity index (χ0) is 18.0. The zero-order valence-corrected chi connectivity index (χ0v) is 14.5. The molecular weight excluding hydrogens is 342 g/mol. The normalized spacial score (nSPS) is 10.7. The minimum atomic E-state index is -0.503. The number of halogens is 1. The SMILES string of the molecule is CCOC(=O)c1c(-c2cc(Cl)ccc2OC)c(C=O)n2ccccc12. The Balaban J connectivity index is 2.45. The first-order chi connectivity index (χ1) is 12.1. The van der Waals surface area contributed by atoms with Crippen LogP contribution in [0.1, 0.15) is 27.8 Å². The number of benzene rings is 1. The van der Waals surface area contributed by atoms with E-state index >= 15 is 0 Å². The summed E-state index contributed by atoms with van der Waals surface area (Å²) in [5, 5.41) is 0.470. The van der Waals surface area contributed by atoms with E-state index in [0.717, 1.165) is 0 Å². The van der Waals surface area contributed by atoms with Crippen LogP contribution in [0.25, 0.3) is 16.6 Å². The number of hydrogen-bond donors (Lipinski definition) is 0. The van der Waals surface area contributed by atoms with Crippen LogP contribution < -0.4 is 4.74 Å². The van der Waals surface area contributed by atoms with Crippen molar-refractivity contribution >= 4 is 29.4 Å². The van der Waals surface area contributed by atoms with Gasteiger partial charge in [-0.1, -0.05) is 17.7 Å². The highest BCUT2D eigenvalue weighted by atomic mass is 35.5. The van der Waals surface area contributed by atoms with Gasteiger partial charge in [0.1, 0.15) is 5.75 Å². The average molecular weight is 358 g/mol. The molecule has 3 rings (SSSR count). The molecule has 0 radical (unpaired) electrons. The van der Waals surface area contributed by atoms with Crippen molar-refractivity contribution in [2.75, 3.05) is 13.7 Å². The molecular formula is C19H16ClNO4. The van der Waals surface area contributed by atoms with Crippen LogP contribution in [0.15, 0.2) is 42.6 Å². The number of carbonyl (C=O) groups is 2. The average Bonchev–Trinajstić information content (AvgIpc) is 2.96. The third kappa shape index (κ3) is 2.87. The summed E-state index contributed by atoms with van der Waals surface area (Å²) in [5.74, 6) is 0.00489. The third-order valence-electron chi connectivity index (χ3n) is 3.90.